The van der Waals surface area contributed by atoms with E-state index in [4.69, 9.17) is 0 Å². The number of β-amino-alcohol motifs (C(OH)–C–C–N with tert-alkyl or cyclic N) is 1. The van der Waals surface area contributed by atoms with Gasteiger partial charge in [-0.2, -0.15) is 5.26 Å². The quantitative estimate of drug-likeness (QED) is 0.703. The lowest BCUT2D eigenvalue weighted by molar-refractivity contribution is -0.125. The van der Waals surface area contributed by atoms with Crippen LogP contribution in [0.15, 0.2) is 29.3 Å². The largest absolute Gasteiger partial charge is 0.390 e. The van der Waals surface area contributed by atoms with E-state index in [1.54, 1.807) is 6.21 Å². The van der Waals surface area contributed by atoms with Gasteiger partial charge in [-0.15, -0.1) is 0 Å². The summed E-state index contributed by atoms with van der Waals surface area (Å²) >= 11 is 0. The lowest BCUT2D eigenvalue weighted by Crippen LogP contribution is -2.56. The number of nitrogens with zero attached hydrogens (tertiary/aromatic N) is 4. The third-order valence-electron chi connectivity index (χ3n) is 5.68. The summed E-state index contributed by atoms with van der Waals surface area (Å²) in [6.07, 6.45) is 6.09. The number of nitriles is 1. The van der Waals surface area contributed by atoms with Crippen LogP contribution in [0.25, 0.3) is 0 Å². The van der Waals surface area contributed by atoms with Crippen LogP contribution in [-0.4, -0.2) is 67.0 Å². The molecule has 1 aromatic rings. The summed E-state index contributed by atoms with van der Waals surface area (Å²) in [7, 11) is 0. The summed E-state index contributed by atoms with van der Waals surface area (Å²) in [4.78, 5) is 21.2. The Labute approximate surface area is 178 Å². The molecule has 2 fully saturated rings. The van der Waals surface area contributed by atoms with Crippen molar-refractivity contribution in [2.75, 3.05) is 37.6 Å². The van der Waals surface area contributed by atoms with E-state index in [2.05, 4.69) is 28.2 Å². The molecule has 2 atom stereocenters. The number of hydrogen-bond acceptors (Lipinski definition) is 6. The van der Waals surface area contributed by atoms with Crippen molar-refractivity contribution in [2.45, 2.75) is 39.3 Å². The Morgan fingerprint density at radius 2 is 2.13 bits per heavy atom. The molecule has 2 saturated heterocycles. The summed E-state index contributed by atoms with van der Waals surface area (Å²) in [5.74, 6) is 0.439. The molecule has 2 heterocycles. The first-order valence-corrected chi connectivity index (χ1v) is 10.5. The molecule has 0 aliphatic carbocycles. The highest BCUT2D eigenvalue weighted by atomic mass is 16.3. The smallest absolute Gasteiger partial charge is 0.234 e. The molecule has 7 nitrogen and oxygen atoms in total. The van der Waals surface area contributed by atoms with Crippen LogP contribution < -0.4 is 10.2 Å². The molecular weight excluding hydrogens is 378 g/mol. The molecule has 3 rings (SSSR count). The number of benzene rings is 1. The number of anilines is 1. The highest BCUT2D eigenvalue weighted by Gasteiger charge is 2.30. The van der Waals surface area contributed by atoms with E-state index in [1.807, 2.05) is 43.0 Å². The summed E-state index contributed by atoms with van der Waals surface area (Å²) in [5, 5.41) is 22.0. The topological polar surface area (TPSA) is 92.0 Å². The number of carbonyl (C=O) groups is 1. The molecule has 2 N–H and O–H groups in total. The average molecular weight is 410 g/mol. The molecular formula is C23H31N5O2. The molecule has 2 aliphatic heterocycles. The number of nitrogens with one attached hydrogen (secondary N) is 1. The van der Waals surface area contributed by atoms with Crippen molar-refractivity contribution < 1.29 is 9.90 Å². The van der Waals surface area contributed by atoms with Gasteiger partial charge in [0.05, 0.1) is 23.9 Å². The Bertz CT molecular complexity index is 867. The third kappa shape index (κ3) is 5.26. The number of piperidine rings is 1. The summed E-state index contributed by atoms with van der Waals surface area (Å²) < 4.78 is 0. The van der Waals surface area contributed by atoms with E-state index < -0.39 is 0 Å². The standard InChI is InChI=1S/C23H31N5O2/c1-4-5-8-25-23-17(3)21(7-6-18(23)10-24)28-11-16(2)9-19(12-28)26-22(30)15-27-13-20(29)14-27/h4-8,16,19-20,29H,9,11-15H2,1-3H3,(H,26,30)/b5-4+,25-8-/t16-,19+/m0/s1. The Morgan fingerprint density at radius 3 is 2.80 bits per heavy atom. The summed E-state index contributed by atoms with van der Waals surface area (Å²) in [6, 6.07) is 6.11. The average Bonchev–Trinajstić information content (AvgIpc) is 2.67. The predicted octanol–water partition coefficient (Wildman–Crippen LogP) is 2.15. The molecule has 160 valence electrons. The van der Waals surface area contributed by atoms with E-state index in [9.17, 15) is 15.2 Å². The van der Waals surface area contributed by atoms with Gasteiger partial charge in [0.15, 0.2) is 0 Å². The second-order valence-electron chi connectivity index (χ2n) is 8.38. The molecule has 30 heavy (non-hydrogen) atoms. The SMILES string of the molecule is C/C=C/C=N\c1c(C#N)ccc(N2C[C@@H](C)C[C@@H](NC(=O)CN3CC(O)C3)C2)c1C. The van der Waals surface area contributed by atoms with Gasteiger partial charge in [0.2, 0.25) is 5.91 Å². The first kappa shape index (κ1) is 22.0. The van der Waals surface area contributed by atoms with Crippen molar-refractivity contribution in [1.29, 1.82) is 5.26 Å². The molecule has 1 aromatic carbocycles. The predicted molar refractivity (Wildman–Crippen MR) is 119 cm³/mol. The maximum absolute atomic E-state index is 12.4. The van der Waals surface area contributed by atoms with Gasteiger partial charge in [0.1, 0.15) is 6.07 Å². The van der Waals surface area contributed by atoms with Crippen molar-refractivity contribution in [1.82, 2.24) is 10.2 Å². The number of aliphatic imine (C=N–C) groups is 1. The van der Waals surface area contributed by atoms with Crippen LogP contribution in [0.1, 0.15) is 31.4 Å². The van der Waals surface area contributed by atoms with Crippen LogP contribution in [0.3, 0.4) is 0 Å². The maximum atomic E-state index is 12.4. The van der Waals surface area contributed by atoms with Gasteiger partial charge >= 0.3 is 0 Å². The minimum Gasteiger partial charge on any atom is -0.390 e. The Balaban J connectivity index is 1.73. The second-order valence-corrected chi connectivity index (χ2v) is 8.38. The van der Waals surface area contributed by atoms with Crippen molar-refractivity contribution in [3.05, 3.63) is 35.4 Å². The zero-order chi connectivity index (χ0) is 21.7. The minimum atomic E-state index is -0.299. The molecule has 0 saturated carbocycles. The number of rotatable bonds is 6. The van der Waals surface area contributed by atoms with Crippen molar-refractivity contribution in [3.63, 3.8) is 0 Å². The number of aliphatic hydroxyl groups excluding tert-OH is 1. The zero-order valence-electron chi connectivity index (χ0n) is 18.0. The number of amides is 1. The number of aliphatic hydroxyl groups is 1. The van der Waals surface area contributed by atoms with Gasteiger partial charge in [0.25, 0.3) is 0 Å². The molecule has 0 radical (unpaired) electrons. The van der Waals surface area contributed by atoms with E-state index in [1.165, 1.54) is 0 Å². The Morgan fingerprint density at radius 1 is 1.37 bits per heavy atom. The molecule has 7 heteroatoms. The van der Waals surface area contributed by atoms with Gasteiger partial charge in [0, 0.05) is 44.1 Å². The van der Waals surface area contributed by atoms with Crippen LogP contribution >= 0.6 is 0 Å². The van der Waals surface area contributed by atoms with E-state index in [-0.39, 0.29) is 18.1 Å². The number of likely N-dealkylation sites (tertiary alicyclic amines) is 1. The van der Waals surface area contributed by atoms with Crippen molar-refractivity contribution >= 4 is 23.5 Å². The van der Waals surface area contributed by atoms with Gasteiger partial charge in [-0.05, 0) is 50.0 Å². The molecule has 0 spiro atoms. The van der Waals surface area contributed by atoms with Crippen LogP contribution in [0.4, 0.5) is 11.4 Å². The van der Waals surface area contributed by atoms with E-state index in [0.717, 1.165) is 30.8 Å². The monoisotopic (exact) mass is 409 g/mol. The van der Waals surface area contributed by atoms with Crippen molar-refractivity contribution in [2.24, 2.45) is 10.9 Å². The number of allylic oxidation sites excluding steroid dienone is 2. The normalized spacial score (nSPS) is 23.0. The number of hydrogen-bond donors (Lipinski definition) is 2. The first-order chi connectivity index (χ1) is 14.4. The van der Waals surface area contributed by atoms with Gasteiger partial charge < -0.3 is 15.3 Å². The number of carbonyl (C=O) groups excluding carboxylic acids is 1. The van der Waals surface area contributed by atoms with Gasteiger partial charge in [-0.1, -0.05) is 13.0 Å². The fourth-order valence-corrected chi connectivity index (χ4v) is 4.29. The van der Waals surface area contributed by atoms with Crippen molar-refractivity contribution in [3.8, 4) is 6.07 Å². The lowest BCUT2D eigenvalue weighted by Gasteiger charge is -2.40. The molecule has 1 amide bonds. The maximum Gasteiger partial charge on any atom is 0.234 e. The van der Waals surface area contributed by atoms with Gasteiger partial charge in [-0.3, -0.25) is 14.7 Å². The van der Waals surface area contributed by atoms with E-state index >= 15 is 0 Å². The van der Waals surface area contributed by atoms with Gasteiger partial charge in [-0.25, -0.2) is 0 Å². The highest BCUT2D eigenvalue weighted by Crippen LogP contribution is 2.34. The first-order valence-electron chi connectivity index (χ1n) is 10.5. The molecule has 0 unspecified atom stereocenters. The van der Waals surface area contributed by atoms with Crippen LogP contribution in [0.5, 0.6) is 0 Å². The minimum absolute atomic E-state index is 0.00847. The lowest BCUT2D eigenvalue weighted by atomic mass is 9.94. The fraction of sp³-hybridized carbons (Fsp3) is 0.522. The Hall–Kier alpha value is -2.69. The van der Waals surface area contributed by atoms with Crippen LogP contribution in [0, 0.1) is 24.2 Å². The molecule has 0 aromatic heterocycles. The van der Waals surface area contributed by atoms with E-state index in [0.29, 0.717) is 36.8 Å². The summed E-state index contributed by atoms with van der Waals surface area (Å²) in [5.41, 5.74) is 3.29. The zero-order valence-corrected chi connectivity index (χ0v) is 18.0. The van der Waals surface area contributed by atoms with Crippen LogP contribution in [-0.2, 0) is 4.79 Å². The highest BCUT2D eigenvalue weighted by molar-refractivity contribution is 5.80. The Kier molecular flexibility index (Phi) is 7.24. The van der Waals surface area contributed by atoms with Crippen LogP contribution in [0.2, 0.25) is 0 Å². The third-order valence-corrected chi connectivity index (χ3v) is 5.68. The molecule has 0 bridgehead atoms. The summed E-state index contributed by atoms with van der Waals surface area (Å²) in [6.45, 7) is 9.22. The second kappa shape index (κ2) is 9.88. The fourth-order valence-electron chi connectivity index (χ4n) is 4.29. The molecule has 2 aliphatic rings.